The average Bonchev–Trinajstić information content (AvgIpc) is 2.79. The van der Waals surface area contributed by atoms with E-state index in [0.717, 1.165) is 0 Å². The summed E-state index contributed by atoms with van der Waals surface area (Å²) in [4.78, 5) is 61.1. The van der Waals surface area contributed by atoms with Crippen LogP contribution in [-0.2, 0) is 30.4 Å². The Balaban J connectivity index is 3.09. The minimum absolute atomic E-state index is 0.00609. The Kier molecular flexibility index (Phi) is 12.5. The maximum absolute atomic E-state index is 13.2. The number of nitrogens with two attached hydrogens (primary N) is 2. The summed E-state index contributed by atoms with van der Waals surface area (Å²) in [5.41, 5.74) is 11.6. The molecular formula is C24H37N5O7. The first-order valence-corrected chi connectivity index (χ1v) is 11.7. The molecule has 5 unspecified atom stereocenters. The number of aliphatic hydroxyl groups is 1. The van der Waals surface area contributed by atoms with E-state index in [1.165, 1.54) is 6.92 Å². The van der Waals surface area contributed by atoms with Gasteiger partial charge in [0.2, 0.25) is 23.6 Å². The average molecular weight is 508 g/mol. The van der Waals surface area contributed by atoms with Crippen LogP contribution in [0.25, 0.3) is 0 Å². The van der Waals surface area contributed by atoms with Crippen molar-refractivity contribution in [3.63, 3.8) is 0 Å². The zero-order valence-electron chi connectivity index (χ0n) is 20.8. The van der Waals surface area contributed by atoms with Gasteiger partial charge in [0, 0.05) is 12.8 Å². The van der Waals surface area contributed by atoms with Crippen LogP contribution < -0.4 is 27.4 Å². The number of aliphatic hydroxyl groups excluding tert-OH is 1. The fourth-order valence-electron chi connectivity index (χ4n) is 3.38. The Morgan fingerprint density at radius 3 is 1.94 bits per heavy atom. The van der Waals surface area contributed by atoms with Crippen molar-refractivity contribution in [3.8, 4) is 0 Å². The predicted molar refractivity (Wildman–Crippen MR) is 131 cm³/mol. The van der Waals surface area contributed by atoms with Crippen molar-refractivity contribution in [2.24, 2.45) is 17.4 Å². The molecular weight excluding hydrogens is 470 g/mol. The molecule has 12 heteroatoms. The fraction of sp³-hybridized carbons (Fsp3) is 0.542. The first-order chi connectivity index (χ1) is 16.8. The van der Waals surface area contributed by atoms with Gasteiger partial charge in [0.1, 0.15) is 12.1 Å². The molecule has 0 radical (unpaired) electrons. The number of primary amides is 1. The third-order valence-corrected chi connectivity index (χ3v) is 5.34. The first kappa shape index (κ1) is 30.5. The molecule has 1 rings (SSSR count). The molecule has 0 bridgehead atoms. The maximum Gasteiger partial charge on any atom is 0.328 e. The van der Waals surface area contributed by atoms with Gasteiger partial charge in [-0.25, -0.2) is 4.79 Å². The number of rotatable bonds is 15. The molecule has 36 heavy (non-hydrogen) atoms. The van der Waals surface area contributed by atoms with Crippen LogP contribution in [0.4, 0.5) is 0 Å². The van der Waals surface area contributed by atoms with Gasteiger partial charge >= 0.3 is 5.97 Å². The number of carboxylic acid groups (broad SMARTS) is 1. The number of amides is 4. The van der Waals surface area contributed by atoms with Crippen molar-refractivity contribution in [1.82, 2.24) is 16.0 Å². The van der Waals surface area contributed by atoms with Crippen LogP contribution in [0.15, 0.2) is 30.3 Å². The molecule has 0 saturated carbocycles. The summed E-state index contributed by atoms with van der Waals surface area (Å²) in [5.74, 6) is -4.19. The minimum Gasteiger partial charge on any atom is -0.480 e. The molecule has 200 valence electrons. The molecule has 0 fully saturated rings. The van der Waals surface area contributed by atoms with Crippen molar-refractivity contribution in [1.29, 1.82) is 0 Å². The number of hydrogen-bond donors (Lipinski definition) is 7. The molecule has 0 heterocycles. The lowest BCUT2D eigenvalue weighted by Crippen LogP contribution is -2.59. The van der Waals surface area contributed by atoms with Crippen molar-refractivity contribution in [2.45, 2.75) is 76.7 Å². The zero-order valence-corrected chi connectivity index (χ0v) is 20.8. The van der Waals surface area contributed by atoms with Gasteiger partial charge in [0.25, 0.3) is 0 Å². The lowest BCUT2D eigenvalue weighted by atomic mass is 10.00. The largest absolute Gasteiger partial charge is 0.480 e. The summed E-state index contributed by atoms with van der Waals surface area (Å²) >= 11 is 0. The summed E-state index contributed by atoms with van der Waals surface area (Å²) in [6.45, 7) is 4.90. The zero-order chi connectivity index (χ0) is 27.4. The van der Waals surface area contributed by atoms with Crippen LogP contribution in [0.1, 0.15) is 45.6 Å². The van der Waals surface area contributed by atoms with E-state index in [-0.39, 0.29) is 31.6 Å². The van der Waals surface area contributed by atoms with E-state index in [1.807, 2.05) is 13.8 Å². The molecule has 0 spiro atoms. The summed E-state index contributed by atoms with van der Waals surface area (Å²) in [6.07, 6.45) is -1.21. The normalized spacial score (nSPS) is 15.2. The highest BCUT2D eigenvalue weighted by atomic mass is 16.4. The second-order valence-corrected chi connectivity index (χ2v) is 9.12. The van der Waals surface area contributed by atoms with Crippen LogP contribution >= 0.6 is 0 Å². The van der Waals surface area contributed by atoms with Gasteiger partial charge in [0.15, 0.2) is 6.04 Å². The van der Waals surface area contributed by atoms with Crippen LogP contribution in [0.2, 0.25) is 0 Å². The quantitative estimate of drug-likeness (QED) is 0.152. The Morgan fingerprint density at radius 1 is 0.889 bits per heavy atom. The van der Waals surface area contributed by atoms with E-state index in [9.17, 15) is 34.2 Å². The predicted octanol–water partition coefficient (Wildman–Crippen LogP) is -1.21. The van der Waals surface area contributed by atoms with Crippen LogP contribution in [-0.4, -0.2) is 70.1 Å². The van der Waals surface area contributed by atoms with Gasteiger partial charge in [-0.05, 0) is 31.2 Å². The Hall–Kier alpha value is -3.51. The van der Waals surface area contributed by atoms with Crippen molar-refractivity contribution >= 4 is 29.6 Å². The Bertz CT molecular complexity index is 907. The van der Waals surface area contributed by atoms with Crippen LogP contribution in [0.5, 0.6) is 0 Å². The van der Waals surface area contributed by atoms with Crippen molar-refractivity contribution in [3.05, 3.63) is 35.9 Å². The van der Waals surface area contributed by atoms with Crippen molar-refractivity contribution < 1.29 is 34.2 Å². The summed E-state index contributed by atoms with van der Waals surface area (Å²) in [6, 6.07) is 3.86. The van der Waals surface area contributed by atoms with E-state index in [4.69, 9.17) is 11.5 Å². The monoisotopic (exact) mass is 507 g/mol. The molecule has 5 atom stereocenters. The van der Waals surface area contributed by atoms with E-state index >= 15 is 0 Å². The third-order valence-electron chi connectivity index (χ3n) is 5.34. The molecule has 9 N–H and O–H groups in total. The molecule has 0 aliphatic heterocycles. The van der Waals surface area contributed by atoms with Crippen molar-refractivity contribution in [2.75, 3.05) is 0 Å². The maximum atomic E-state index is 13.2. The molecule has 4 amide bonds. The lowest BCUT2D eigenvalue weighted by Gasteiger charge is -2.26. The molecule has 0 saturated heterocycles. The van der Waals surface area contributed by atoms with Gasteiger partial charge < -0.3 is 37.6 Å². The van der Waals surface area contributed by atoms with Gasteiger partial charge in [-0.1, -0.05) is 44.2 Å². The molecule has 0 aliphatic rings. The summed E-state index contributed by atoms with van der Waals surface area (Å²) in [5, 5.41) is 26.5. The van der Waals surface area contributed by atoms with E-state index in [0.29, 0.717) is 5.56 Å². The number of carbonyl (C=O) groups is 5. The Labute approximate surface area is 210 Å². The second-order valence-electron chi connectivity index (χ2n) is 9.12. The number of aliphatic carboxylic acids is 1. The Morgan fingerprint density at radius 2 is 1.44 bits per heavy atom. The van der Waals surface area contributed by atoms with E-state index in [1.54, 1.807) is 30.3 Å². The molecule has 12 nitrogen and oxygen atoms in total. The van der Waals surface area contributed by atoms with E-state index < -0.39 is 59.9 Å². The smallest absolute Gasteiger partial charge is 0.328 e. The molecule has 0 aromatic heterocycles. The number of hydrogen-bond acceptors (Lipinski definition) is 7. The number of benzene rings is 1. The van der Waals surface area contributed by atoms with E-state index in [2.05, 4.69) is 16.0 Å². The second kappa shape index (κ2) is 14.8. The summed E-state index contributed by atoms with van der Waals surface area (Å²) < 4.78 is 0. The lowest BCUT2D eigenvalue weighted by molar-refractivity contribution is -0.145. The van der Waals surface area contributed by atoms with Crippen LogP contribution in [0, 0.1) is 5.92 Å². The van der Waals surface area contributed by atoms with Crippen LogP contribution in [0.3, 0.4) is 0 Å². The molecule has 1 aromatic rings. The topological polar surface area (TPSA) is 214 Å². The molecule has 0 aliphatic carbocycles. The number of nitrogens with one attached hydrogen (secondary N) is 3. The first-order valence-electron chi connectivity index (χ1n) is 11.7. The number of carbonyl (C=O) groups excluding carboxylic acids is 4. The van der Waals surface area contributed by atoms with Gasteiger partial charge in [-0.15, -0.1) is 0 Å². The summed E-state index contributed by atoms with van der Waals surface area (Å²) in [7, 11) is 0. The fourth-order valence-corrected chi connectivity index (χ4v) is 3.38. The van der Waals surface area contributed by atoms with Gasteiger partial charge in [-0.3, -0.25) is 19.2 Å². The van der Waals surface area contributed by atoms with Gasteiger partial charge in [0.05, 0.1) is 12.1 Å². The highest BCUT2D eigenvalue weighted by Crippen LogP contribution is 2.09. The molecule has 1 aromatic carbocycles. The third kappa shape index (κ3) is 10.8. The standard InChI is InChI=1S/C24H37N5O7/c1-13(2)11-17(27-21(32)16(25)9-10-19(26)31)22(33)28-18(12-15-7-5-4-6-8-15)23(34)29-20(14(3)30)24(35)36/h4-8,13-14,16-18,20,30H,9-12,25H2,1-3H3,(H2,26,31)(H,27,32)(H,28,33)(H,29,34)(H,35,36). The van der Waals surface area contributed by atoms with Gasteiger partial charge in [-0.2, -0.15) is 0 Å². The SMILES string of the molecule is CC(C)CC(NC(=O)C(N)CCC(N)=O)C(=O)NC(Cc1ccccc1)C(=O)NC(C(=O)O)C(C)O. The highest BCUT2D eigenvalue weighted by molar-refractivity contribution is 5.94. The number of carboxylic acids is 1. The minimum atomic E-state index is -1.58. The highest BCUT2D eigenvalue weighted by Gasteiger charge is 2.32.